The summed E-state index contributed by atoms with van der Waals surface area (Å²) < 4.78 is 0. The van der Waals surface area contributed by atoms with Crippen LogP contribution < -0.4 is 21.7 Å². The number of nitrogens with two attached hydrogens (primary N) is 1. The van der Waals surface area contributed by atoms with Crippen LogP contribution in [0, 0.1) is 0 Å². The minimum absolute atomic E-state index is 0.0646. The van der Waals surface area contributed by atoms with Crippen molar-refractivity contribution in [2.45, 2.75) is 24.7 Å². The zero-order chi connectivity index (χ0) is 30.8. The molecule has 5 N–H and O–H groups in total. The van der Waals surface area contributed by atoms with Crippen LogP contribution in [0.3, 0.4) is 0 Å². The number of anilines is 2. The summed E-state index contributed by atoms with van der Waals surface area (Å²) in [6.07, 6.45) is 1.63. The van der Waals surface area contributed by atoms with Crippen LogP contribution in [-0.4, -0.2) is 29.4 Å². The van der Waals surface area contributed by atoms with Crippen molar-refractivity contribution < 1.29 is 19.2 Å². The molecule has 0 unspecified atom stereocenters. The van der Waals surface area contributed by atoms with Crippen LogP contribution in [0.1, 0.15) is 51.6 Å². The van der Waals surface area contributed by atoms with Crippen molar-refractivity contribution in [1.82, 2.24) is 5.32 Å². The highest BCUT2D eigenvalue weighted by molar-refractivity contribution is 8.00. The van der Waals surface area contributed by atoms with E-state index >= 15 is 0 Å². The molecule has 0 aromatic heterocycles. The minimum atomic E-state index is -0.632. The topological polar surface area (TPSA) is 130 Å². The molecule has 218 valence electrons. The van der Waals surface area contributed by atoms with E-state index in [-0.39, 0.29) is 22.9 Å². The summed E-state index contributed by atoms with van der Waals surface area (Å²) in [5.41, 5.74) is 8.88. The zero-order valence-electron chi connectivity index (χ0n) is 23.8. The summed E-state index contributed by atoms with van der Waals surface area (Å²) >= 11 is 1.26. The van der Waals surface area contributed by atoms with Crippen molar-refractivity contribution in [2.24, 2.45) is 5.73 Å². The lowest BCUT2D eigenvalue weighted by atomic mass is 10.0. The van der Waals surface area contributed by atoms with E-state index < -0.39 is 17.7 Å². The highest BCUT2D eigenvalue weighted by atomic mass is 32.2. The number of amides is 4. The Labute approximate surface area is 254 Å². The number of nitrogens with one attached hydrogen (secondary N) is 3. The summed E-state index contributed by atoms with van der Waals surface area (Å²) in [6.45, 7) is 4.21. The molecular weight excluding hydrogens is 560 g/mol. The quantitative estimate of drug-likeness (QED) is 0.124. The van der Waals surface area contributed by atoms with Crippen LogP contribution in [0.15, 0.2) is 114 Å². The summed E-state index contributed by atoms with van der Waals surface area (Å²) in [5.74, 6) is -1.43. The molecule has 9 heteroatoms. The number of carbonyl (C=O) groups is 4. The van der Waals surface area contributed by atoms with E-state index in [4.69, 9.17) is 5.73 Å². The maximum Gasteiger partial charge on any atom is 0.272 e. The van der Waals surface area contributed by atoms with Gasteiger partial charge in [-0.2, -0.15) is 0 Å². The van der Waals surface area contributed by atoms with Crippen molar-refractivity contribution in [3.05, 3.63) is 131 Å². The van der Waals surface area contributed by atoms with Crippen molar-refractivity contribution in [2.75, 3.05) is 16.4 Å². The van der Waals surface area contributed by atoms with Gasteiger partial charge >= 0.3 is 0 Å². The van der Waals surface area contributed by atoms with Crippen LogP contribution in [0.5, 0.6) is 0 Å². The van der Waals surface area contributed by atoms with E-state index in [1.807, 2.05) is 36.4 Å². The lowest BCUT2D eigenvalue weighted by molar-refractivity contribution is -0.114. The number of para-hydroxylation sites is 1. The van der Waals surface area contributed by atoms with E-state index in [2.05, 4.69) is 29.8 Å². The van der Waals surface area contributed by atoms with Gasteiger partial charge in [0.25, 0.3) is 17.7 Å². The molecule has 4 amide bonds. The number of hydrogen-bond acceptors (Lipinski definition) is 5. The second kappa shape index (κ2) is 14.7. The molecular formula is C34H32N4O4S. The first-order valence-electron chi connectivity index (χ1n) is 13.6. The third-order valence-corrected chi connectivity index (χ3v) is 7.37. The Bertz CT molecular complexity index is 1650. The van der Waals surface area contributed by atoms with E-state index in [0.29, 0.717) is 22.9 Å². The van der Waals surface area contributed by atoms with Gasteiger partial charge in [-0.1, -0.05) is 74.5 Å². The number of thioether (sulfide) groups is 1. The Balaban J connectivity index is 1.47. The highest BCUT2D eigenvalue weighted by Gasteiger charge is 2.16. The largest absolute Gasteiger partial charge is 0.366 e. The van der Waals surface area contributed by atoms with Gasteiger partial charge in [0.1, 0.15) is 5.70 Å². The highest BCUT2D eigenvalue weighted by Crippen LogP contribution is 2.23. The SMILES string of the molecule is CC(C)c1ccc(/C=C(/NC(=O)c2ccccc2)C(=O)Nc2cccc(SCC(=O)Nc3ccccc3C(N)=O)c2)cc1. The first kappa shape index (κ1) is 30.8. The average Bonchev–Trinajstić information content (AvgIpc) is 3.00. The lowest BCUT2D eigenvalue weighted by Gasteiger charge is -2.13. The van der Waals surface area contributed by atoms with Crippen LogP contribution in [0.25, 0.3) is 6.08 Å². The first-order chi connectivity index (χ1) is 20.7. The average molecular weight is 593 g/mol. The fourth-order valence-electron chi connectivity index (χ4n) is 4.09. The molecule has 0 fully saturated rings. The Morgan fingerprint density at radius 3 is 2.21 bits per heavy atom. The van der Waals surface area contributed by atoms with Crippen molar-refractivity contribution >= 4 is 52.8 Å². The Morgan fingerprint density at radius 1 is 0.814 bits per heavy atom. The van der Waals surface area contributed by atoms with Crippen LogP contribution in [-0.2, 0) is 9.59 Å². The van der Waals surface area contributed by atoms with Gasteiger partial charge in [-0.05, 0) is 65.6 Å². The molecule has 43 heavy (non-hydrogen) atoms. The van der Waals surface area contributed by atoms with Crippen molar-refractivity contribution in [3.63, 3.8) is 0 Å². The Hall–Kier alpha value is -5.15. The molecule has 4 aromatic carbocycles. The molecule has 0 saturated heterocycles. The molecule has 4 aromatic rings. The van der Waals surface area contributed by atoms with Crippen LogP contribution >= 0.6 is 11.8 Å². The smallest absolute Gasteiger partial charge is 0.272 e. The van der Waals surface area contributed by atoms with Gasteiger partial charge in [-0.15, -0.1) is 11.8 Å². The summed E-state index contributed by atoms with van der Waals surface area (Å²) in [4.78, 5) is 51.3. The summed E-state index contributed by atoms with van der Waals surface area (Å²) in [6, 6.07) is 30.0. The number of hydrogen-bond donors (Lipinski definition) is 4. The zero-order valence-corrected chi connectivity index (χ0v) is 24.6. The van der Waals surface area contributed by atoms with E-state index in [1.165, 1.54) is 11.8 Å². The third kappa shape index (κ3) is 8.92. The normalized spacial score (nSPS) is 11.1. The number of rotatable bonds is 11. The maximum absolute atomic E-state index is 13.4. The predicted molar refractivity (Wildman–Crippen MR) is 172 cm³/mol. The fraction of sp³-hybridized carbons (Fsp3) is 0.118. The molecule has 0 atom stereocenters. The number of benzene rings is 4. The van der Waals surface area contributed by atoms with Gasteiger partial charge in [0.15, 0.2) is 0 Å². The van der Waals surface area contributed by atoms with Crippen molar-refractivity contribution in [3.8, 4) is 0 Å². The van der Waals surface area contributed by atoms with Crippen molar-refractivity contribution in [1.29, 1.82) is 0 Å². The third-order valence-electron chi connectivity index (χ3n) is 6.37. The minimum Gasteiger partial charge on any atom is -0.366 e. The summed E-state index contributed by atoms with van der Waals surface area (Å²) in [7, 11) is 0. The molecule has 0 spiro atoms. The molecule has 0 aliphatic heterocycles. The van der Waals surface area contributed by atoms with E-state index in [0.717, 1.165) is 16.0 Å². The molecule has 8 nitrogen and oxygen atoms in total. The van der Waals surface area contributed by atoms with E-state index in [9.17, 15) is 19.2 Å². The fourth-order valence-corrected chi connectivity index (χ4v) is 4.85. The first-order valence-corrected chi connectivity index (χ1v) is 14.6. The molecule has 0 aliphatic carbocycles. The monoisotopic (exact) mass is 592 g/mol. The second-order valence-electron chi connectivity index (χ2n) is 9.93. The second-order valence-corrected chi connectivity index (χ2v) is 11.0. The van der Waals surface area contributed by atoms with Gasteiger partial charge in [0, 0.05) is 16.1 Å². The van der Waals surface area contributed by atoms with Crippen LogP contribution in [0.4, 0.5) is 11.4 Å². The molecule has 0 aliphatic rings. The van der Waals surface area contributed by atoms with E-state index in [1.54, 1.807) is 72.8 Å². The maximum atomic E-state index is 13.4. The Kier molecular flexibility index (Phi) is 10.5. The number of carbonyl (C=O) groups excluding carboxylic acids is 4. The molecule has 0 bridgehead atoms. The predicted octanol–water partition coefficient (Wildman–Crippen LogP) is 6.05. The van der Waals surface area contributed by atoms with Gasteiger partial charge in [-0.3, -0.25) is 19.2 Å². The molecule has 0 saturated carbocycles. The molecule has 0 radical (unpaired) electrons. The summed E-state index contributed by atoms with van der Waals surface area (Å²) in [5, 5.41) is 8.31. The molecule has 0 heterocycles. The lowest BCUT2D eigenvalue weighted by Crippen LogP contribution is -2.30. The van der Waals surface area contributed by atoms with Gasteiger partial charge in [0.2, 0.25) is 5.91 Å². The van der Waals surface area contributed by atoms with Crippen LogP contribution in [0.2, 0.25) is 0 Å². The Morgan fingerprint density at radius 2 is 1.51 bits per heavy atom. The van der Waals surface area contributed by atoms with Gasteiger partial charge in [0.05, 0.1) is 17.0 Å². The van der Waals surface area contributed by atoms with Gasteiger partial charge < -0.3 is 21.7 Å². The standard InChI is InChI=1S/C34H32N4O4S/c1-22(2)24-17-15-23(16-18-24)19-30(38-33(41)25-9-4-3-5-10-25)34(42)36-26-11-8-12-27(20-26)43-21-31(39)37-29-14-7-6-13-28(29)32(35)40/h3-20,22H,21H2,1-2H3,(H2,35,40)(H,36,42)(H,37,39)(H,38,41)/b30-19+. The van der Waals surface area contributed by atoms with Gasteiger partial charge in [-0.25, -0.2) is 0 Å². The molecule has 4 rings (SSSR count). The number of primary amides is 1.